The summed E-state index contributed by atoms with van der Waals surface area (Å²) in [7, 11) is 0. The number of hydrogen-bond acceptors (Lipinski definition) is 2. The molecule has 3 heteroatoms. The van der Waals surface area contributed by atoms with Gasteiger partial charge in [-0.25, -0.2) is 0 Å². The van der Waals surface area contributed by atoms with Gasteiger partial charge >= 0.3 is 0 Å². The second kappa shape index (κ2) is 7.28. The Hall–Kier alpha value is -3.07. The van der Waals surface area contributed by atoms with Crippen molar-refractivity contribution < 1.29 is 4.74 Å². The van der Waals surface area contributed by atoms with Crippen molar-refractivity contribution in [1.82, 2.24) is 9.97 Å². The van der Waals surface area contributed by atoms with E-state index in [2.05, 4.69) is 60.2 Å². The number of rotatable bonds is 5. The van der Waals surface area contributed by atoms with Gasteiger partial charge in [0.05, 0.1) is 5.69 Å². The topological polar surface area (TPSA) is 37.9 Å². The normalized spacial score (nSPS) is 11.3. The predicted molar refractivity (Wildman–Crippen MR) is 111 cm³/mol. The van der Waals surface area contributed by atoms with E-state index >= 15 is 0 Å². The molecule has 1 N–H and O–H groups in total. The molecular weight excluding hydrogens is 332 g/mol. The Morgan fingerprint density at radius 2 is 1.81 bits per heavy atom. The molecule has 0 amide bonds. The molecule has 0 aliphatic heterocycles. The van der Waals surface area contributed by atoms with Crippen LogP contribution in [0.15, 0.2) is 66.9 Å². The average molecular weight is 356 g/mol. The average Bonchev–Trinajstić information content (AvgIpc) is 3.06. The summed E-state index contributed by atoms with van der Waals surface area (Å²) in [6.45, 7) is 7.07. The number of aromatic amines is 1. The molecule has 2 aromatic heterocycles. The molecule has 2 heterocycles. The van der Waals surface area contributed by atoms with E-state index in [1.165, 1.54) is 27.8 Å². The smallest absolute Gasteiger partial charge is 0.120 e. The molecule has 0 radical (unpaired) electrons. The molecule has 4 rings (SSSR count). The van der Waals surface area contributed by atoms with Crippen LogP contribution in [0.2, 0.25) is 0 Å². The minimum absolute atomic E-state index is 0.395. The number of fused-ring (bicyclic) bond motifs is 1. The minimum Gasteiger partial charge on any atom is -0.489 e. The molecule has 3 nitrogen and oxygen atoms in total. The first-order valence-electron chi connectivity index (χ1n) is 9.37. The van der Waals surface area contributed by atoms with Gasteiger partial charge in [-0.1, -0.05) is 44.2 Å². The molecule has 136 valence electrons. The first-order valence-corrected chi connectivity index (χ1v) is 9.37. The maximum atomic E-state index is 6.05. The minimum atomic E-state index is 0.395. The summed E-state index contributed by atoms with van der Waals surface area (Å²) in [5, 5.41) is 1.22. The molecule has 4 aromatic rings. The van der Waals surface area contributed by atoms with Crippen LogP contribution in [-0.2, 0) is 6.61 Å². The lowest BCUT2D eigenvalue weighted by Crippen LogP contribution is -1.95. The number of aryl methyl sites for hydroxylation is 1. The Kier molecular flexibility index (Phi) is 4.68. The Labute approximate surface area is 160 Å². The molecule has 0 bridgehead atoms. The summed E-state index contributed by atoms with van der Waals surface area (Å²) < 4.78 is 6.05. The van der Waals surface area contributed by atoms with E-state index < -0.39 is 0 Å². The van der Waals surface area contributed by atoms with Crippen molar-refractivity contribution in [2.24, 2.45) is 0 Å². The lowest BCUT2D eigenvalue weighted by Gasteiger charge is -2.10. The van der Waals surface area contributed by atoms with Gasteiger partial charge in [0.1, 0.15) is 12.4 Å². The SMILES string of the molecule is Cc1cc(-c2[nH]c3ccc(OCc4ccccc4)cc3c2C(C)C)ccn1. The molecule has 0 atom stereocenters. The van der Waals surface area contributed by atoms with E-state index in [-0.39, 0.29) is 0 Å². The highest BCUT2D eigenvalue weighted by molar-refractivity contribution is 5.92. The third kappa shape index (κ3) is 3.59. The third-order valence-electron chi connectivity index (χ3n) is 4.82. The van der Waals surface area contributed by atoms with Gasteiger partial charge in [0.25, 0.3) is 0 Å². The summed E-state index contributed by atoms with van der Waals surface area (Å²) in [6.07, 6.45) is 1.87. The molecule has 0 unspecified atom stereocenters. The van der Waals surface area contributed by atoms with Gasteiger partial charge < -0.3 is 9.72 Å². The van der Waals surface area contributed by atoms with Crippen molar-refractivity contribution in [1.29, 1.82) is 0 Å². The lowest BCUT2D eigenvalue weighted by molar-refractivity contribution is 0.306. The van der Waals surface area contributed by atoms with Crippen LogP contribution >= 0.6 is 0 Å². The maximum absolute atomic E-state index is 6.05. The monoisotopic (exact) mass is 356 g/mol. The van der Waals surface area contributed by atoms with Crippen LogP contribution in [0.4, 0.5) is 0 Å². The second-order valence-corrected chi connectivity index (χ2v) is 7.24. The predicted octanol–water partition coefficient (Wildman–Crippen LogP) is 6.24. The molecule has 0 spiro atoms. The summed E-state index contributed by atoms with van der Waals surface area (Å²) >= 11 is 0. The molecule has 27 heavy (non-hydrogen) atoms. The van der Waals surface area contributed by atoms with Crippen molar-refractivity contribution in [3.05, 3.63) is 83.7 Å². The van der Waals surface area contributed by atoms with Crippen LogP contribution < -0.4 is 4.74 Å². The van der Waals surface area contributed by atoms with Crippen LogP contribution in [0.5, 0.6) is 5.75 Å². The summed E-state index contributed by atoms with van der Waals surface area (Å²) in [6, 6.07) is 20.7. The summed E-state index contributed by atoms with van der Waals surface area (Å²) in [5.41, 5.74) is 6.99. The van der Waals surface area contributed by atoms with E-state index in [1.807, 2.05) is 37.4 Å². The Morgan fingerprint density at radius 1 is 1.00 bits per heavy atom. The van der Waals surface area contributed by atoms with Gasteiger partial charge in [-0.15, -0.1) is 0 Å². The van der Waals surface area contributed by atoms with Crippen LogP contribution in [0, 0.1) is 6.92 Å². The number of aromatic nitrogens is 2. The van der Waals surface area contributed by atoms with Gasteiger partial charge in [-0.2, -0.15) is 0 Å². The van der Waals surface area contributed by atoms with E-state index in [0.717, 1.165) is 17.0 Å². The summed E-state index contributed by atoms with van der Waals surface area (Å²) in [5.74, 6) is 1.29. The van der Waals surface area contributed by atoms with Crippen molar-refractivity contribution in [3.63, 3.8) is 0 Å². The van der Waals surface area contributed by atoms with Gasteiger partial charge in [-0.3, -0.25) is 4.98 Å². The summed E-state index contributed by atoms with van der Waals surface area (Å²) in [4.78, 5) is 7.93. The van der Waals surface area contributed by atoms with Crippen molar-refractivity contribution in [2.75, 3.05) is 0 Å². The molecule has 0 aliphatic carbocycles. The number of ether oxygens (including phenoxy) is 1. The zero-order valence-corrected chi connectivity index (χ0v) is 16.0. The van der Waals surface area contributed by atoms with Crippen LogP contribution in [0.25, 0.3) is 22.2 Å². The number of hydrogen-bond donors (Lipinski definition) is 1. The first-order chi connectivity index (χ1) is 13.1. The molecule has 0 fully saturated rings. The van der Waals surface area contributed by atoms with E-state index in [1.54, 1.807) is 0 Å². The number of H-pyrrole nitrogens is 1. The maximum Gasteiger partial charge on any atom is 0.120 e. The van der Waals surface area contributed by atoms with Crippen molar-refractivity contribution >= 4 is 10.9 Å². The Balaban J connectivity index is 1.73. The van der Waals surface area contributed by atoms with E-state index in [4.69, 9.17) is 4.74 Å². The first kappa shape index (κ1) is 17.3. The highest BCUT2D eigenvalue weighted by atomic mass is 16.5. The lowest BCUT2D eigenvalue weighted by atomic mass is 9.96. The number of benzene rings is 2. The van der Waals surface area contributed by atoms with Gasteiger partial charge in [0.2, 0.25) is 0 Å². The van der Waals surface area contributed by atoms with Crippen LogP contribution in [-0.4, -0.2) is 9.97 Å². The molecule has 0 saturated heterocycles. The fraction of sp³-hybridized carbons (Fsp3) is 0.208. The second-order valence-electron chi connectivity index (χ2n) is 7.24. The number of pyridine rings is 1. The standard InChI is InChI=1S/C24H24N2O/c1-16(2)23-21-14-20(27-15-18-7-5-4-6-8-18)9-10-22(21)26-24(23)19-11-12-25-17(3)13-19/h4-14,16,26H,15H2,1-3H3. The highest BCUT2D eigenvalue weighted by Crippen LogP contribution is 2.37. The number of nitrogens with one attached hydrogen (secondary N) is 1. The van der Waals surface area contributed by atoms with E-state index in [0.29, 0.717) is 12.5 Å². The quantitative estimate of drug-likeness (QED) is 0.459. The molecular formula is C24H24N2O. The fourth-order valence-corrected chi connectivity index (χ4v) is 3.55. The molecule has 0 aliphatic rings. The Bertz CT molecular complexity index is 1060. The van der Waals surface area contributed by atoms with Crippen LogP contribution in [0.3, 0.4) is 0 Å². The highest BCUT2D eigenvalue weighted by Gasteiger charge is 2.17. The van der Waals surface area contributed by atoms with E-state index in [9.17, 15) is 0 Å². The Morgan fingerprint density at radius 3 is 2.56 bits per heavy atom. The van der Waals surface area contributed by atoms with Gasteiger partial charge in [0.15, 0.2) is 0 Å². The van der Waals surface area contributed by atoms with Gasteiger partial charge in [0, 0.05) is 28.4 Å². The third-order valence-corrected chi connectivity index (χ3v) is 4.82. The van der Waals surface area contributed by atoms with Gasteiger partial charge in [-0.05, 0) is 54.3 Å². The zero-order chi connectivity index (χ0) is 18.8. The van der Waals surface area contributed by atoms with Crippen molar-refractivity contribution in [2.45, 2.75) is 33.3 Å². The molecule has 2 aromatic carbocycles. The van der Waals surface area contributed by atoms with Crippen LogP contribution in [0.1, 0.15) is 36.6 Å². The van der Waals surface area contributed by atoms with Crippen molar-refractivity contribution in [3.8, 4) is 17.0 Å². The molecule has 0 saturated carbocycles. The number of nitrogens with zero attached hydrogens (tertiary/aromatic N) is 1. The fourth-order valence-electron chi connectivity index (χ4n) is 3.55. The zero-order valence-electron chi connectivity index (χ0n) is 16.0. The largest absolute Gasteiger partial charge is 0.489 e.